The van der Waals surface area contributed by atoms with Gasteiger partial charge in [0.1, 0.15) is 6.61 Å². The molecule has 0 spiro atoms. The Labute approximate surface area is 551 Å². The summed E-state index contributed by atoms with van der Waals surface area (Å²) < 4.78 is 33.3. The van der Waals surface area contributed by atoms with Crippen molar-refractivity contribution in [3.05, 3.63) is 85.1 Å². The molecule has 0 radical (unpaired) electrons. The molecule has 3 N–H and O–H groups in total. The van der Waals surface area contributed by atoms with Gasteiger partial charge in [0.25, 0.3) is 0 Å². The highest BCUT2D eigenvalue weighted by Gasteiger charge is 2.26. The van der Waals surface area contributed by atoms with Gasteiger partial charge in [-0.1, -0.05) is 356 Å². The van der Waals surface area contributed by atoms with Crippen LogP contribution < -0.4 is 5.73 Å². The van der Waals surface area contributed by atoms with E-state index < -0.39 is 26.5 Å². The van der Waals surface area contributed by atoms with Crippen LogP contribution in [-0.2, 0) is 32.7 Å². The Morgan fingerprint density at radius 1 is 0.348 bits per heavy atom. The van der Waals surface area contributed by atoms with Gasteiger partial charge in [-0.05, 0) is 89.9 Å². The van der Waals surface area contributed by atoms with E-state index in [0.29, 0.717) is 6.42 Å². The van der Waals surface area contributed by atoms with E-state index in [1.165, 1.54) is 263 Å². The van der Waals surface area contributed by atoms with Crippen LogP contribution in [0.15, 0.2) is 85.1 Å². The third kappa shape index (κ3) is 74.1. The molecule has 89 heavy (non-hydrogen) atoms. The molecule has 0 aromatic heterocycles. The van der Waals surface area contributed by atoms with E-state index in [9.17, 15) is 19.0 Å². The highest BCUT2D eigenvalue weighted by molar-refractivity contribution is 7.47. The molecule has 0 rings (SSSR count). The summed E-state index contributed by atoms with van der Waals surface area (Å²) in [6, 6.07) is 0. The quantitative estimate of drug-likeness (QED) is 0.0264. The second-order valence-electron chi connectivity index (χ2n) is 25.5. The van der Waals surface area contributed by atoms with Crippen molar-refractivity contribution >= 4 is 19.8 Å². The fraction of sp³-hybridized carbons (Fsp3) is 0.797. The van der Waals surface area contributed by atoms with Crippen molar-refractivity contribution in [2.75, 3.05) is 26.4 Å². The number of esters is 2. The molecule has 0 saturated carbocycles. The summed E-state index contributed by atoms with van der Waals surface area (Å²) in [6.07, 6.45) is 99.9. The van der Waals surface area contributed by atoms with Gasteiger partial charge in [-0.25, -0.2) is 4.57 Å². The molecule has 9 nitrogen and oxygen atoms in total. The third-order valence-electron chi connectivity index (χ3n) is 16.8. The Morgan fingerprint density at radius 3 is 0.933 bits per heavy atom. The molecule has 0 aliphatic carbocycles. The highest BCUT2D eigenvalue weighted by Crippen LogP contribution is 2.43. The predicted octanol–water partition coefficient (Wildman–Crippen LogP) is 25.3. The lowest BCUT2D eigenvalue weighted by atomic mass is 10.0. The summed E-state index contributed by atoms with van der Waals surface area (Å²) in [7, 11) is -4.40. The maximum atomic E-state index is 12.8. The molecule has 0 aromatic rings. The Morgan fingerprint density at radius 2 is 0.618 bits per heavy atom. The molecule has 2 unspecified atom stereocenters. The lowest BCUT2D eigenvalue weighted by Gasteiger charge is -2.19. The first-order valence-corrected chi connectivity index (χ1v) is 39.6. The lowest BCUT2D eigenvalue weighted by Crippen LogP contribution is -2.29. The second-order valence-corrected chi connectivity index (χ2v) is 26.9. The molecule has 0 saturated heterocycles. The van der Waals surface area contributed by atoms with E-state index in [-0.39, 0.29) is 38.6 Å². The largest absolute Gasteiger partial charge is 0.472 e. The van der Waals surface area contributed by atoms with Crippen LogP contribution in [0.2, 0.25) is 0 Å². The van der Waals surface area contributed by atoms with Gasteiger partial charge < -0.3 is 20.1 Å². The Bertz CT molecular complexity index is 1740. The first kappa shape index (κ1) is 86.2. The van der Waals surface area contributed by atoms with Crippen molar-refractivity contribution in [3.63, 3.8) is 0 Å². The summed E-state index contributed by atoms with van der Waals surface area (Å²) in [5.41, 5.74) is 5.41. The van der Waals surface area contributed by atoms with Gasteiger partial charge >= 0.3 is 19.8 Å². The predicted molar refractivity (Wildman–Crippen MR) is 386 cm³/mol. The number of hydrogen-bond acceptors (Lipinski definition) is 8. The van der Waals surface area contributed by atoms with E-state index in [1.807, 2.05) is 0 Å². The minimum absolute atomic E-state index is 0.0536. The number of hydrogen-bond donors (Lipinski definition) is 2. The van der Waals surface area contributed by atoms with E-state index in [1.54, 1.807) is 0 Å². The molecule has 10 heteroatoms. The number of nitrogens with two attached hydrogens (primary N) is 1. The molecule has 0 aromatic carbocycles. The van der Waals surface area contributed by atoms with E-state index >= 15 is 0 Å². The Hall–Kier alpha value is -2.81. The number of phosphoric acid groups is 1. The average molecular weight is 1270 g/mol. The second kappa shape index (κ2) is 74.2. The maximum absolute atomic E-state index is 12.8. The normalized spacial score (nSPS) is 13.3. The van der Waals surface area contributed by atoms with Crippen molar-refractivity contribution in [2.45, 2.75) is 380 Å². The molecular weight excluding hydrogens is 1120 g/mol. The van der Waals surface area contributed by atoms with Gasteiger partial charge in [-0.15, -0.1) is 0 Å². The average Bonchev–Trinajstić information content (AvgIpc) is 3.68. The third-order valence-corrected chi connectivity index (χ3v) is 17.7. The van der Waals surface area contributed by atoms with Crippen molar-refractivity contribution in [2.24, 2.45) is 5.73 Å². The van der Waals surface area contributed by atoms with Gasteiger partial charge in [0.15, 0.2) is 6.10 Å². The number of unbranched alkanes of at least 4 members (excludes halogenated alkanes) is 45. The highest BCUT2D eigenvalue weighted by atomic mass is 31.2. The maximum Gasteiger partial charge on any atom is 0.472 e. The van der Waals surface area contributed by atoms with Crippen LogP contribution >= 0.6 is 7.82 Å². The van der Waals surface area contributed by atoms with Crippen LogP contribution in [0.3, 0.4) is 0 Å². The zero-order chi connectivity index (χ0) is 64.4. The number of carbonyl (C=O) groups is 2. The zero-order valence-electron chi connectivity index (χ0n) is 58.4. The van der Waals surface area contributed by atoms with E-state index in [0.717, 1.165) is 77.0 Å². The molecular formula is C79H144NO8P. The summed E-state index contributed by atoms with van der Waals surface area (Å²) in [6.45, 7) is 3.69. The smallest absolute Gasteiger partial charge is 0.462 e. The number of allylic oxidation sites excluding steroid dienone is 14. The lowest BCUT2D eigenvalue weighted by molar-refractivity contribution is -0.161. The van der Waals surface area contributed by atoms with Crippen molar-refractivity contribution in [3.8, 4) is 0 Å². The van der Waals surface area contributed by atoms with Gasteiger partial charge in [-0.2, -0.15) is 0 Å². The van der Waals surface area contributed by atoms with Gasteiger partial charge in [0.2, 0.25) is 0 Å². The summed E-state index contributed by atoms with van der Waals surface area (Å²) >= 11 is 0. The van der Waals surface area contributed by atoms with Crippen LogP contribution in [0.25, 0.3) is 0 Å². The van der Waals surface area contributed by atoms with Crippen molar-refractivity contribution < 1.29 is 37.6 Å². The molecule has 0 bridgehead atoms. The van der Waals surface area contributed by atoms with Crippen molar-refractivity contribution in [1.82, 2.24) is 0 Å². The van der Waals surface area contributed by atoms with Gasteiger partial charge in [0, 0.05) is 19.4 Å². The van der Waals surface area contributed by atoms with Crippen LogP contribution in [0, 0.1) is 0 Å². The number of phosphoric ester groups is 1. The summed E-state index contributed by atoms with van der Waals surface area (Å²) in [5.74, 6) is -0.809. The van der Waals surface area contributed by atoms with Gasteiger partial charge in [-0.3, -0.25) is 18.6 Å². The fourth-order valence-corrected chi connectivity index (χ4v) is 11.9. The number of rotatable bonds is 72. The summed E-state index contributed by atoms with van der Waals surface area (Å²) in [4.78, 5) is 35.4. The van der Waals surface area contributed by atoms with E-state index in [2.05, 4.69) is 98.9 Å². The Kier molecular flexibility index (Phi) is 71.9. The van der Waals surface area contributed by atoms with Crippen LogP contribution in [0.1, 0.15) is 373 Å². The molecule has 0 aliphatic heterocycles. The standard InChI is InChI=1S/C79H144NO8P/c1-3-5-7-9-11-13-15-17-19-21-23-25-27-29-31-33-35-36-37-38-39-40-42-44-46-48-50-52-54-56-58-60-62-64-66-68-70-72-79(82)88-77(76-87-89(83,84)86-74-73-80)75-85-78(81)71-69-67-65-63-61-59-57-55-53-51-49-47-45-43-41-34-32-30-28-26-24-22-20-18-16-14-12-10-8-6-4-2/h5,7,11,13,17,19,22-25,29,31,35-36,77H,3-4,6,8-10,12,14-16,18,20-21,26-28,30,32-34,37-76,80H2,1-2H3,(H,83,84)/b7-5-,13-11-,19-17-,24-22-,25-23-,31-29-,36-35-. The molecule has 0 fully saturated rings. The first-order chi connectivity index (χ1) is 43.8. The number of ether oxygens (including phenoxy) is 2. The molecule has 2 atom stereocenters. The Balaban J connectivity index is 3.81. The fourth-order valence-electron chi connectivity index (χ4n) is 11.2. The SMILES string of the molecule is CC/C=C\C/C=C\C/C=C\C/C=C\C/C=C\C/C=C\CCCCCCCCCCCCCCCCCCCCC(=O)OC(COC(=O)CCCCCCCCCCCCCCCCCCCCC/C=C\CCCCCCCCCC)COP(=O)(O)OCCN. The number of carbonyl (C=O) groups excluding carboxylic acids is 2. The van der Waals surface area contributed by atoms with Gasteiger partial charge in [0.05, 0.1) is 13.2 Å². The van der Waals surface area contributed by atoms with Crippen molar-refractivity contribution in [1.29, 1.82) is 0 Å². The topological polar surface area (TPSA) is 134 Å². The van der Waals surface area contributed by atoms with Crippen LogP contribution in [-0.4, -0.2) is 49.3 Å². The molecule has 0 aliphatic rings. The molecule has 518 valence electrons. The molecule has 0 amide bonds. The van der Waals surface area contributed by atoms with Crippen LogP contribution in [0.4, 0.5) is 0 Å². The first-order valence-electron chi connectivity index (χ1n) is 38.1. The van der Waals surface area contributed by atoms with Crippen LogP contribution in [0.5, 0.6) is 0 Å². The summed E-state index contributed by atoms with van der Waals surface area (Å²) in [5, 5.41) is 0. The zero-order valence-corrected chi connectivity index (χ0v) is 59.3. The molecule has 0 heterocycles. The van der Waals surface area contributed by atoms with E-state index in [4.69, 9.17) is 24.3 Å². The minimum Gasteiger partial charge on any atom is -0.462 e. The monoisotopic (exact) mass is 1270 g/mol. The minimum atomic E-state index is -4.40.